The fraction of sp³-hybridized carbons (Fsp3) is 0.650. The molecule has 1 amide bonds. The number of likely N-dealkylation sites (tertiary alicyclic amines) is 1. The maximum absolute atomic E-state index is 13.5. The van der Waals surface area contributed by atoms with E-state index >= 15 is 0 Å². The largest absolute Gasteiger partial charge is 0.416 e. The SMILES string of the molecule is CS(=O)(=O)N1CCCC1CN1CCC(CNC(=O)c2cc(F)cc(C(F)(F)F)c2)CC1. The van der Waals surface area contributed by atoms with Crippen molar-refractivity contribution in [3.05, 3.63) is 35.1 Å². The lowest BCUT2D eigenvalue weighted by Gasteiger charge is -2.35. The lowest BCUT2D eigenvalue weighted by atomic mass is 9.96. The topological polar surface area (TPSA) is 69.7 Å². The molecule has 3 rings (SSSR count). The van der Waals surface area contributed by atoms with Crippen LogP contribution in [0.25, 0.3) is 0 Å². The number of alkyl halides is 3. The third-order valence-electron chi connectivity index (χ3n) is 5.96. The number of hydrogen-bond donors (Lipinski definition) is 1. The molecule has 6 nitrogen and oxygen atoms in total. The van der Waals surface area contributed by atoms with Crippen LogP contribution in [0.5, 0.6) is 0 Å². The molecule has 0 aliphatic carbocycles. The number of halogens is 4. The van der Waals surface area contributed by atoms with Crippen molar-refractivity contribution in [1.82, 2.24) is 14.5 Å². The van der Waals surface area contributed by atoms with E-state index in [1.165, 1.54) is 6.26 Å². The molecule has 0 saturated carbocycles. The van der Waals surface area contributed by atoms with Gasteiger partial charge in [0.25, 0.3) is 5.91 Å². The molecule has 2 aliphatic heterocycles. The Hall–Kier alpha value is -1.72. The maximum atomic E-state index is 13.5. The lowest BCUT2D eigenvalue weighted by Crippen LogP contribution is -2.46. The Bertz CT molecular complexity index is 899. The smallest absolute Gasteiger partial charge is 0.352 e. The second kappa shape index (κ2) is 9.41. The number of piperidine rings is 1. The summed E-state index contributed by atoms with van der Waals surface area (Å²) in [6.45, 7) is 3.04. The van der Waals surface area contributed by atoms with Crippen molar-refractivity contribution in [2.45, 2.75) is 37.9 Å². The maximum Gasteiger partial charge on any atom is 0.416 e. The third kappa shape index (κ3) is 6.39. The lowest BCUT2D eigenvalue weighted by molar-refractivity contribution is -0.137. The van der Waals surface area contributed by atoms with Gasteiger partial charge in [0.1, 0.15) is 5.82 Å². The molecule has 0 radical (unpaired) electrons. The Morgan fingerprint density at radius 1 is 1.13 bits per heavy atom. The monoisotopic (exact) mass is 465 g/mol. The Kier molecular flexibility index (Phi) is 7.27. The Morgan fingerprint density at radius 3 is 2.42 bits per heavy atom. The predicted molar refractivity (Wildman–Crippen MR) is 107 cm³/mol. The molecule has 2 fully saturated rings. The molecule has 1 unspecified atom stereocenters. The van der Waals surface area contributed by atoms with Crippen LogP contribution in [0, 0.1) is 11.7 Å². The van der Waals surface area contributed by atoms with Gasteiger partial charge in [0.15, 0.2) is 0 Å². The number of nitrogens with one attached hydrogen (secondary N) is 1. The summed E-state index contributed by atoms with van der Waals surface area (Å²) >= 11 is 0. The summed E-state index contributed by atoms with van der Waals surface area (Å²) in [5.41, 5.74) is -1.55. The fourth-order valence-electron chi connectivity index (χ4n) is 4.32. The van der Waals surface area contributed by atoms with E-state index < -0.39 is 33.5 Å². The zero-order chi connectivity index (χ0) is 22.8. The van der Waals surface area contributed by atoms with Gasteiger partial charge < -0.3 is 10.2 Å². The predicted octanol–water partition coefficient (Wildman–Crippen LogP) is 2.71. The molecule has 0 bridgehead atoms. The number of benzene rings is 1. The zero-order valence-corrected chi connectivity index (χ0v) is 18.1. The van der Waals surface area contributed by atoms with Crippen LogP contribution in [0.2, 0.25) is 0 Å². The first-order valence-electron chi connectivity index (χ1n) is 10.3. The first kappa shape index (κ1) is 23.9. The summed E-state index contributed by atoms with van der Waals surface area (Å²) in [6.07, 6.45) is -0.231. The Labute approximate surface area is 179 Å². The van der Waals surface area contributed by atoms with Crippen molar-refractivity contribution in [1.29, 1.82) is 0 Å². The van der Waals surface area contributed by atoms with Gasteiger partial charge in [-0.25, -0.2) is 12.8 Å². The van der Waals surface area contributed by atoms with Crippen molar-refractivity contribution < 1.29 is 30.8 Å². The highest BCUT2D eigenvalue weighted by molar-refractivity contribution is 7.88. The molecular weight excluding hydrogens is 438 g/mol. The molecule has 0 spiro atoms. The van der Waals surface area contributed by atoms with Crippen molar-refractivity contribution in [3.63, 3.8) is 0 Å². The minimum Gasteiger partial charge on any atom is -0.352 e. The molecule has 1 atom stereocenters. The van der Waals surface area contributed by atoms with Gasteiger partial charge in [-0.1, -0.05) is 0 Å². The highest BCUT2D eigenvalue weighted by Crippen LogP contribution is 2.30. The summed E-state index contributed by atoms with van der Waals surface area (Å²) in [5.74, 6) is -1.68. The van der Waals surface area contributed by atoms with E-state index in [1.54, 1.807) is 4.31 Å². The zero-order valence-electron chi connectivity index (χ0n) is 17.3. The van der Waals surface area contributed by atoms with E-state index in [9.17, 15) is 30.8 Å². The van der Waals surface area contributed by atoms with E-state index in [0.717, 1.165) is 44.8 Å². The number of nitrogens with zero attached hydrogens (tertiary/aromatic N) is 2. The Morgan fingerprint density at radius 2 is 1.81 bits per heavy atom. The van der Waals surface area contributed by atoms with E-state index in [1.807, 2.05) is 0 Å². The van der Waals surface area contributed by atoms with Crippen LogP contribution in [0.3, 0.4) is 0 Å². The quantitative estimate of drug-likeness (QED) is 0.656. The molecule has 2 heterocycles. The molecule has 1 aromatic carbocycles. The van der Waals surface area contributed by atoms with Gasteiger partial charge in [-0.15, -0.1) is 0 Å². The summed E-state index contributed by atoms with van der Waals surface area (Å²) in [6, 6.07) is 1.79. The molecule has 11 heteroatoms. The van der Waals surface area contributed by atoms with Gasteiger partial charge in [0.2, 0.25) is 10.0 Å². The molecule has 2 aliphatic rings. The van der Waals surface area contributed by atoms with Crippen LogP contribution in [-0.4, -0.2) is 68.6 Å². The van der Waals surface area contributed by atoms with E-state index in [0.29, 0.717) is 31.8 Å². The molecule has 174 valence electrons. The average Bonchev–Trinajstić information content (AvgIpc) is 3.14. The van der Waals surface area contributed by atoms with Gasteiger partial charge in [-0.05, 0) is 62.9 Å². The molecule has 0 aromatic heterocycles. The van der Waals surface area contributed by atoms with Gasteiger partial charge in [0, 0.05) is 31.2 Å². The van der Waals surface area contributed by atoms with Crippen molar-refractivity contribution in [3.8, 4) is 0 Å². The van der Waals surface area contributed by atoms with Crippen molar-refractivity contribution >= 4 is 15.9 Å². The van der Waals surface area contributed by atoms with Gasteiger partial charge >= 0.3 is 6.18 Å². The standard InChI is InChI=1S/C20H27F4N3O3S/c1-31(29,30)27-6-2-3-18(27)13-26-7-4-14(5-8-26)12-25-19(28)15-9-16(20(22,23)24)11-17(21)10-15/h9-11,14,18H,2-8,12-13H2,1H3,(H,25,28). The average molecular weight is 466 g/mol. The normalized spacial score (nSPS) is 22.0. The van der Waals surface area contributed by atoms with Crippen LogP contribution >= 0.6 is 0 Å². The number of rotatable bonds is 6. The molecule has 31 heavy (non-hydrogen) atoms. The second-order valence-electron chi connectivity index (χ2n) is 8.35. The highest BCUT2D eigenvalue weighted by atomic mass is 32.2. The summed E-state index contributed by atoms with van der Waals surface area (Å²) < 4.78 is 77.3. The van der Waals surface area contributed by atoms with Crippen LogP contribution in [0.1, 0.15) is 41.6 Å². The Balaban J connectivity index is 1.47. The van der Waals surface area contributed by atoms with Crippen molar-refractivity contribution in [2.75, 3.05) is 39.0 Å². The van der Waals surface area contributed by atoms with Gasteiger partial charge in [0.05, 0.1) is 11.8 Å². The summed E-state index contributed by atoms with van der Waals surface area (Å²) in [7, 11) is -3.21. The first-order chi connectivity index (χ1) is 14.4. The number of amides is 1. The van der Waals surface area contributed by atoms with Crippen LogP contribution < -0.4 is 5.32 Å². The van der Waals surface area contributed by atoms with Gasteiger partial charge in [-0.3, -0.25) is 4.79 Å². The minimum atomic E-state index is -4.73. The molecule has 1 aromatic rings. The fourth-order valence-corrected chi connectivity index (χ4v) is 5.50. The van der Waals surface area contributed by atoms with Crippen LogP contribution in [-0.2, 0) is 16.2 Å². The van der Waals surface area contributed by atoms with E-state index in [-0.39, 0.29) is 17.5 Å². The first-order valence-corrected chi connectivity index (χ1v) is 12.1. The van der Waals surface area contributed by atoms with E-state index in [2.05, 4.69) is 10.2 Å². The molecule has 1 N–H and O–H groups in total. The third-order valence-corrected chi connectivity index (χ3v) is 7.30. The molecule has 2 saturated heterocycles. The number of carbonyl (C=O) groups excluding carboxylic acids is 1. The summed E-state index contributed by atoms with van der Waals surface area (Å²) in [5, 5.41) is 2.61. The highest BCUT2D eigenvalue weighted by Gasteiger charge is 2.34. The second-order valence-corrected chi connectivity index (χ2v) is 10.3. The summed E-state index contributed by atoms with van der Waals surface area (Å²) in [4.78, 5) is 14.4. The molecular formula is C20H27F4N3O3S. The van der Waals surface area contributed by atoms with Crippen LogP contribution in [0.4, 0.5) is 17.6 Å². The number of sulfonamides is 1. The van der Waals surface area contributed by atoms with Crippen molar-refractivity contribution in [2.24, 2.45) is 5.92 Å². The van der Waals surface area contributed by atoms with E-state index in [4.69, 9.17) is 0 Å². The van der Waals surface area contributed by atoms with Crippen LogP contribution in [0.15, 0.2) is 18.2 Å². The minimum absolute atomic E-state index is 0.0120. The van der Waals surface area contributed by atoms with Gasteiger partial charge in [-0.2, -0.15) is 17.5 Å². The number of hydrogen-bond acceptors (Lipinski definition) is 4. The number of carbonyl (C=O) groups is 1.